The topological polar surface area (TPSA) is 26.3 Å². The van der Waals surface area contributed by atoms with E-state index in [-0.39, 0.29) is 6.61 Å². The van der Waals surface area contributed by atoms with E-state index in [1.54, 1.807) is 0 Å². The van der Waals surface area contributed by atoms with Crippen molar-refractivity contribution in [1.29, 1.82) is 0 Å². The van der Waals surface area contributed by atoms with Gasteiger partial charge in [0.05, 0.1) is 0 Å². The molecule has 0 fully saturated rings. The third-order valence-corrected chi connectivity index (χ3v) is 5.90. The zero-order chi connectivity index (χ0) is 17.9. The number of benzene rings is 1. The van der Waals surface area contributed by atoms with Gasteiger partial charge in [0.15, 0.2) is 6.29 Å². The maximum absolute atomic E-state index is 10.6. The van der Waals surface area contributed by atoms with Gasteiger partial charge in [0.25, 0.3) is 0 Å². The minimum atomic E-state index is 0.162. The van der Waals surface area contributed by atoms with E-state index in [2.05, 4.69) is 26.0 Å². The van der Waals surface area contributed by atoms with Crippen molar-refractivity contribution in [1.82, 2.24) is 0 Å². The molecule has 2 atom stereocenters. The summed E-state index contributed by atoms with van der Waals surface area (Å²) < 4.78 is 5.62. The van der Waals surface area contributed by atoms with E-state index < -0.39 is 0 Å². The fraction of sp³-hybridized carbons (Fsp3) is 0.696. The van der Waals surface area contributed by atoms with Crippen LogP contribution in [0, 0.1) is 11.8 Å². The number of carbonyl (C=O) groups excluding carboxylic acids is 1. The van der Waals surface area contributed by atoms with Crippen LogP contribution in [-0.4, -0.2) is 12.9 Å². The number of aldehydes is 1. The van der Waals surface area contributed by atoms with E-state index in [4.69, 9.17) is 4.74 Å². The molecule has 0 aliphatic heterocycles. The van der Waals surface area contributed by atoms with E-state index in [1.807, 2.05) is 6.07 Å². The first-order valence-corrected chi connectivity index (χ1v) is 10.5. The third-order valence-electron chi connectivity index (χ3n) is 5.90. The molecule has 1 unspecified atom stereocenters. The molecule has 1 aliphatic rings. The molecular weight excluding hydrogens is 308 g/mol. The average Bonchev–Trinajstić information content (AvgIpc) is 2.65. The SMILES string of the molecule is CCCCCCCCC(CC)[C@@H]1CCc2c(cccc2OCC=O)C1. The molecule has 0 heterocycles. The van der Waals surface area contributed by atoms with E-state index in [0.29, 0.717) is 0 Å². The summed E-state index contributed by atoms with van der Waals surface area (Å²) in [6.45, 7) is 4.81. The van der Waals surface area contributed by atoms with Crippen LogP contribution in [0.2, 0.25) is 0 Å². The van der Waals surface area contributed by atoms with E-state index in [0.717, 1.165) is 30.3 Å². The second kappa shape index (κ2) is 11.3. The minimum absolute atomic E-state index is 0.162. The molecule has 2 heteroatoms. The molecule has 0 N–H and O–H groups in total. The molecule has 2 rings (SSSR count). The fourth-order valence-electron chi connectivity index (χ4n) is 4.42. The minimum Gasteiger partial charge on any atom is -0.486 e. The van der Waals surface area contributed by atoms with Crippen LogP contribution < -0.4 is 4.74 Å². The highest BCUT2D eigenvalue weighted by molar-refractivity contribution is 5.52. The van der Waals surface area contributed by atoms with Gasteiger partial charge in [-0.2, -0.15) is 0 Å². The Hall–Kier alpha value is -1.31. The van der Waals surface area contributed by atoms with Gasteiger partial charge >= 0.3 is 0 Å². The summed E-state index contributed by atoms with van der Waals surface area (Å²) in [6.07, 6.45) is 15.4. The zero-order valence-electron chi connectivity index (χ0n) is 16.3. The number of unbranched alkanes of at least 4 members (excludes halogenated alkanes) is 5. The smallest absolute Gasteiger partial charge is 0.157 e. The standard InChI is InChI=1S/C23H36O2/c1-3-5-6-7-8-9-11-19(4-2)20-14-15-22-21(18-20)12-10-13-23(22)25-17-16-24/h10,12-13,16,19-20H,3-9,11,14-15,17-18H2,1-2H3/t19?,20-/m1/s1. The molecule has 0 amide bonds. The predicted octanol–water partition coefficient (Wildman–Crippen LogP) is 6.15. The predicted molar refractivity (Wildman–Crippen MR) is 105 cm³/mol. The Labute approximate surface area is 154 Å². The Morgan fingerprint density at radius 3 is 2.72 bits per heavy atom. The molecule has 1 aromatic carbocycles. The molecule has 1 aliphatic carbocycles. The Kier molecular flexibility index (Phi) is 9.07. The number of hydrogen-bond donors (Lipinski definition) is 0. The zero-order valence-corrected chi connectivity index (χ0v) is 16.3. The van der Waals surface area contributed by atoms with E-state index in [1.165, 1.54) is 75.3 Å². The van der Waals surface area contributed by atoms with Crippen molar-refractivity contribution < 1.29 is 9.53 Å². The third kappa shape index (κ3) is 6.17. The van der Waals surface area contributed by atoms with Gasteiger partial charge in [-0.3, -0.25) is 4.79 Å². The number of hydrogen-bond acceptors (Lipinski definition) is 2. The van der Waals surface area contributed by atoms with Crippen molar-refractivity contribution in [2.24, 2.45) is 11.8 Å². The highest BCUT2D eigenvalue weighted by atomic mass is 16.5. The monoisotopic (exact) mass is 344 g/mol. The number of fused-ring (bicyclic) bond motifs is 1. The van der Waals surface area contributed by atoms with Crippen molar-refractivity contribution in [3.63, 3.8) is 0 Å². The van der Waals surface area contributed by atoms with Crippen molar-refractivity contribution in [3.05, 3.63) is 29.3 Å². The normalized spacial score (nSPS) is 17.8. The Balaban J connectivity index is 1.86. The first-order chi connectivity index (χ1) is 12.3. The molecule has 2 nitrogen and oxygen atoms in total. The average molecular weight is 345 g/mol. The van der Waals surface area contributed by atoms with Crippen LogP contribution in [0.3, 0.4) is 0 Å². The van der Waals surface area contributed by atoms with Gasteiger partial charge in [-0.15, -0.1) is 0 Å². The maximum atomic E-state index is 10.6. The number of carbonyl (C=O) groups is 1. The first-order valence-electron chi connectivity index (χ1n) is 10.5. The van der Waals surface area contributed by atoms with E-state index in [9.17, 15) is 4.79 Å². The second-order valence-electron chi connectivity index (χ2n) is 7.60. The first kappa shape index (κ1) is 20.0. The van der Waals surface area contributed by atoms with Crippen LogP contribution in [0.25, 0.3) is 0 Å². The largest absolute Gasteiger partial charge is 0.486 e. The van der Waals surface area contributed by atoms with Gasteiger partial charge in [0.1, 0.15) is 12.4 Å². The second-order valence-corrected chi connectivity index (χ2v) is 7.60. The van der Waals surface area contributed by atoms with Gasteiger partial charge < -0.3 is 4.74 Å². The lowest BCUT2D eigenvalue weighted by molar-refractivity contribution is -0.109. The number of ether oxygens (including phenoxy) is 1. The van der Waals surface area contributed by atoms with Crippen LogP contribution in [-0.2, 0) is 17.6 Å². The van der Waals surface area contributed by atoms with Crippen molar-refractivity contribution in [2.45, 2.75) is 84.5 Å². The Morgan fingerprint density at radius 1 is 1.16 bits per heavy atom. The fourth-order valence-corrected chi connectivity index (χ4v) is 4.42. The summed E-state index contributed by atoms with van der Waals surface area (Å²) in [5.41, 5.74) is 2.79. The number of rotatable bonds is 12. The molecule has 0 aromatic heterocycles. The summed E-state index contributed by atoms with van der Waals surface area (Å²) in [6, 6.07) is 6.35. The van der Waals surface area contributed by atoms with Gasteiger partial charge in [-0.25, -0.2) is 0 Å². The summed E-state index contributed by atoms with van der Waals surface area (Å²) >= 11 is 0. The summed E-state index contributed by atoms with van der Waals surface area (Å²) in [5, 5.41) is 0. The molecule has 0 saturated heterocycles. The van der Waals surface area contributed by atoms with Crippen LogP contribution in [0.4, 0.5) is 0 Å². The van der Waals surface area contributed by atoms with Gasteiger partial charge in [-0.1, -0.05) is 77.3 Å². The molecule has 0 radical (unpaired) electrons. The summed E-state index contributed by atoms with van der Waals surface area (Å²) in [7, 11) is 0. The highest BCUT2D eigenvalue weighted by Gasteiger charge is 2.26. The maximum Gasteiger partial charge on any atom is 0.157 e. The summed E-state index contributed by atoms with van der Waals surface area (Å²) in [4.78, 5) is 10.6. The van der Waals surface area contributed by atoms with Gasteiger partial charge in [-0.05, 0) is 48.3 Å². The molecule has 0 bridgehead atoms. The Morgan fingerprint density at radius 2 is 1.96 bits per heavy atom. The quantitative estimate of drug-likeness (QED) is 0.336. The molecule has 1 aromatic rings. The lowest BCUT2D eigenvalue weighted by atomic mass is 9.74. The molecule has 140 valence electrons. The lowest BCUT2D eigenvalue weighted by Gasteiger charge is -2.32. The Bertz CT molecular complexity index is 509. The summed E-state index contributed by atoms with van der Waals surface area (Å²) in [5.74, 6) is 2.60. The van der Waals surface area contributed by atoms with Crippen LogP contribution >= 0.6 is 0 Å². The van der Waals surface area contributed by atoms with Crippen LogP contribution in [0.1, 0.15) is 82.8 Å². The lowest BCUT2D eigenvalue weighted by Crippen LogP contribution is -2.23. The van der Waals surface area contributed by atoms with Crippen LogP contribution in [0.5, 0.6) is 5.75 Å². The van der Waals surface area contributed by atoms with E-state index >= 15 is 0 Å². The van der Waals surface area contributed by atoms with Gasteiger partial charge in [0.2, 0.25) is 0 Å². The van der Waals surface area contributed by atoms with Crippen LogP contribution in [0.15, 0.2) is 18.2 Å². The molecule has 0 saturated carbocycles. The van der Waals surface area contributed by atoms with Crippen molar-refractivity contribution in [2.75, 3.05) is 6.61 Å². The van der Waals surface area contributed by atoms with Gasteiger partial charge in [0, 0.05) is 0 Å². The molecule has 25 heavy (non-hydrogen) atoms. The van der Waals surface area contributed by atoms with Crippen molar-refractivity contribution in [3.8, 4) is 5.75 Å². The molecule has 0 spiro atoms. The highest BCUT2D eigenvalue weighted by Crippen LogP contribution is 2.37. The van der Waals surface area contributed by atoms with Crippen molar-refractivity contribution >= 4 is 6.29 Å². The molecular formula is C23H36O2.